The van der Waals surface area contributed by atoms with Crippen LogP contribution >= 0.6 is 0 Å². The van der Waals surface area contributed by atoms with Gasteiger partial charge in [-0.2, -0.15) is 0 Å². The lowest BCUT2D eigenvalue weighted by molar-refractivity contribution is 0.0660. The summed E-state index contributed by atoms with van der Waals surface area (Å²) in [5, 5.41) is 0. The molecule has 1 aliphatic heterocycles. The Balaban J connectivity index is 1.43. The molecule has 1 saturated heterocycles. The molecular weight excluding hydrogens is 352 g/mol. The highest BCUT2D eigenvalue weighted by Gasteiger charge is 2.26. The molecule has 0 unspecified atom stereocenters. The van der Waals surface area contributed by atoms with E-state index in [4.69, 9.17) is 10.5 Å². The maximum atomic E-state index is 12.9. The molecule has 2 aromatic heterocycles. The van der Waals surface area contributed by atoms with Crippen LogP contribution in [0.5, 0.6) is 5.75 Å². The summed E-state index contributed by atoms with van der Waals surface area (Å²) in [5.41, 5.74) is 8.43. The van der Waals surface area contributed by atoms with Crippen LogP contribution in [0.25, 0.3) is 5.65 Å². The quantitative estimate of drug-likeness (QED) is 0.740. The van der Waals surface area contributed by atoms with Crippen molar-refractivity contribution in [3.05, 3.63) is 66.1 Å². The number of amides is 1. The van der Waals surface area contributed by atoms with Gasteiger partial charge in [-0.1, -0.05) is 12.1 Å². The first kappa shape index (κ1) is 18.5. The number of hydrogen-bond donors (Lipinski definition) is 1. The monoisotopic (exact) mass is 378 g/mol. The maximum absolute atomic E-state index is 12.9. The summed E-state index contributed by atoms with van der Waals surface area (Å²) >= 11 is 0. The number of carbonyl (C=O) groups is 1. The minimum absolute atomic E-state index is 0.0449. The largest absolute Gasteiger partial charge is 0.487 e. The number of carbonyl (C=O) groups excluding carboxylic acids is 1. The minimum atomic E-state index is 0.0449. The first-order valence-electron chi connectivity index (χ1n) is 9.80. The van der Waals surface area contributed by atoms with E-state index in [1.807, 2.05) is 71.1 Å². The molecule has 0 spiro atoms. The van der Waals surface area contributed by atoms with Gasteiger partial charge in [-0.3, -0.25) is 4.79 Å². The zero-order valence-corrected chi connectivity index (χ0v) is 16.1. The Kier molecular flexibility index (Phi) is 5.30. The van der Waals surface area contributed by atoms with Crippen molar-refractivity contribution >= 4 is 11.6 Å². The van der Waals surface area contributed by atoms with Crippen LogP contribution in [0.1, 0.15) is 35.8 Å². The molecule has 1 aliphatic rings. The standard InChI is InChI=1S/C22H26N4O2/c1-16(23)18-7-5-11-26(13-18)22(27)17-6-4-8-20(12-17)28-15-19-14-25-10-3-2-9-21(25)24-19/h2-4,6,8-10,12,14,16,18H,5,7,11,13,15,23H2,1H3/t16-,18-/m1/s1. The number of fused-ring (bicyclic) bond motifs is 1. The zero-order valence-electron chi connectivity index (χ0n) is 16.1. The van der Waals surface area contributed by atoms with Gasteiger partial charge in [0.25, 0.3) is 5.91 Å². The third-order valence-electron chi connectivity index (χ3n) is 5.37. The highest BCUT2D eigenvalue weighted by atomic mass is 16.5. The van der Waals surface area contributed by atoms with Gasteiger partial charge in [-0.05, 0) is 56.0 Å². The van der Waals surface area contributed by atoms with E-state index in [0.29, 0.717) is 23.8 Å². The Morgan fingerprint density at radius 2 is 2.21 bits per heavy atom. The van der Waals surface area contributed by atoms with E-state index in [0.717, 1.165) is 37.3 Å². The third-order valence-corrected chi connectivity index (χ3v) is 5.37. The van der Waals surface area contributed by atoms with Gasteiger partial charge < -0.3 is 19.8 Å². The number of pyridine rings is 1. The second-order valence-electron chi connectivity index (χ2n) is 7.53. The molecule has 6 heteroatoms. The SMILES string of the molecule is C[C@@H](N)[C@@H]1CCCN(C(=O)c2cccc(OCc3cn4ccccc4n3)c2)C1. The molecule has 0 saturated carbocycles. The normalized spacial score (nSPS) is 18.2. The number of rotatable bonds is 5. The molecule has 0 bridgehead atoms. The van der Waals surface area contributed by atoms with Gasteiger partial charge in [-0.25, -0.2) is 4.98 Å². The van der Waals surface area contributed by atoms with Crippen LogP contribution < -0.4 is 10.5 Å². The van der Waals surface area contributed by atoms with Crippen LogP contribution in [0.2, 0.25) is 0 Å². The Labute approximate surface area is 164 Å². The van der Waals surface area contributed by atoms with Crippen LogP contribution in [0.15, 0.2) is 54.9 Å². The molecule has 1 fully saturated rings. The molecule has 2 atom stereocenters. The fourth-order valence-electron chi connectivity index (χ4n) is 3.74. The summed E-state index contributed by atoms with van der Waals surface area (Å²) < 4.78 is 7.85. The van der Waals surface area contributed by atoms with Gasteiger partial charge in [0.15, 0.2) is 0 Å². The summed E-state index contributed by atoms with van der Waals surface area (Å²) in [6, 6.07) is 13.4. The highest BCUT2D eigenvalue weighted by Crippen LogP contribution is 2.22. The first-order chi connectivity index (χ1) is 13.6. The second-order valence-corrected chi connectivity index (χ2v) is 7.53. The van der Waals surface area contributed by atoms with Crippen LogP contribution in [0, 0.1) is 5.92 Å². The lowest BCUT2D eigenvalue weighted by Gasteiger charge is -2.34. The number of likely N-dealkylation sites (tertiary alicyclic amines) is 1. The molecule has 3 heterocycles. The summed E-state index contributed by atoms with van der Waals surface area (Å²) in [5.74, 6) is 1.08. The van der Waals surface area contributed by atoms with Crippen molar-refractivity contribution in [3.8, 4) is 5.75 Å². The van der Waals surface area contributed by atoms with Crippen molar-refractivity contribution in [1.82, 2.24) is 14.3 Å². The van der Waals surface area contributed by atoms with Crippen molar-refractivity contribution in [2.24, 2.45) is 11.7 Å². The van der Waals surface area contributed by atoms with Gasteiger partial charge in [0.05, 0.1) is 5.69 Å². The summed E-state index contributed by atoms with van der Waals surface area (Å²) in [4.78, 5) is 19.4. The van der Waals surface area contributed by atoms with E-state index in [2.05, 4.69) is 4.98 Å². The fourth-order valence-corrected chi connectivity index (χ4v) is 3.74. The number of aromatic nitrogens is 2. The van der Waals surface area contributed by atoms with Crippen LogP contribution in [-0.2, 0) is 6.61 Å². The Morgan fingerprint density at radius 3 is 3.04 bits per heavy atom. The van der Waals surface area contributed by atoms with Crippen molar-refractivity contribution in [3.63, 3.8) is 0 Å². The van der Waals surface area contributed by atoms with Gasteiger partial charge in [0, 0.05) is 37.1 Å². The molecule has 1 aromatic carbocycles. The maximum Gasteiger partial charge on any atom is 0.253 e. The molecule has 2 N–H and O–H groups in total. The molecule has 3 aromatic rings. The molecule has 4 rings (SSSR count). The second kappa shape index (κ2) is 8.02. The van der Waals surface area contributed by atoms with Crippen molar-refractivity contribution in [1.29, 1.82) is 0 Å². The van der Waals surface area contributed by atoms with Crippen LogP contribution in [0.3, 0.4) is 0 Å². The molecule has 146 valence electrons. The van der Waals surface area contributed by atoms with Crippen molar-refractivity contribution < 1.29 is 9.53 Å². The lowest BCUT2D eigenvalue weighted by atomic mass is 9.92. The molecule has 0 aliphatic carbocycles. The molecule has 1 amide bonds. The van der Waals surface area contributed by atoms with E-state index in [-0.39, 0.29) is 11.9 Å². The smallest absolute Gasteiger partial charge is 0.253 e. The Morgan fingerprint density at radius 1 is 1.32 bits per heavy atom. The van der Waals surface area contributed by atoms with E-state index in [9.17, 15) is 4.79 Å². The first-order valence-corrected chi connectivity index (χ1v) is 9.80. The van der Waals surface area contributed by atoms with Gasteiger partial charge >= 0.3 is 0 Å². The molecular formula is C22H26N4O2. The summed E-state index contributed by atoms with van der Waals surface area (Å²) in [6.45, 7) is 3.89. The number of ether oxygens (including phenoxy) is 1. The topological polar surface area (TPSA) is 72.9 Å². The Bertz CT molecular complexity index is 933. The molecule has 28 heavy (non-hydrogen) atoms. The average molecular weight is 378 g/mol. The number of benzene rings is 1. The molecule has 6 nitrogen and oxygen atoms in total. The van der Waals surface area contributed by atoms with Crippen LogP contribution in [-0.4, -0.2) is 39.3 Å². The summed E-state index contributed by atoms with van der Waals surface area (Å²) in [6.07, 6.45) is 6.00. The van der Waals surface area contributed by atoms with Crippen molar-refractivity contribution in [2.75, 3.05) is 13.1 Å². The van der Waals surface area contributed by atoms with Gasteiger partial charge in [-0.15, -0.1) is 0 Å². The van der Waals surface area contributed by atoms with E-state index in [1.54, 1.807) is 0 Å². The van der Waals surface area contributed by atoms with E-state index < -0.39 is 0 Å². The molecule has 0 radical (unpaired) electrons. The number of nitrogens with zero attached hydrogens (tertiary/aromatic N) is 3. The number of nitrogens with two attached hydrogens (primary N) is 1. The number of piperidine rings is 1. The van der Waals surface area contributed by atoms with Gasteiger partial charge in [0.2, 0.25) is 0 Å². The summed E-state index contributed by atoms with van der Waals surface area (Å²) in [7, 11) is 0. The number of hydrogen-bond acceptors (Lipinski definition) is 4. The lowest BCUT2D eigenvalue weighted by Crippen LogP contribution is -2.45. The highest BCUT2D eigenvalue weighted by molar-refractivity contribution is 5.94. The minimum Gasteiger partial charge on any atom is -0.487 e. The van der Waals surface area contributed by atoms with E-state index >= 15 is 0 Å². The Hall–Kier alpha value is -2.86. The van der Waals surface area contributed by atoms with Crippen molar-refractivity contribution in [2.45, 2.75) is 32.4 Å². The van der Waals surface area contributed by atoms with Crippen LogP contribution in [0.4, 0.5) is 0 Å². The number of imidazole rings is 1. The van der Waals surface area contributed by atoms with Gasteiger partial charge in [0.1, 0.15) is 18.0 Å². The fraction of sp³-hybridized carbons (Fsp3) is 0.364. The predicted molar refractivity (Wildman–Crippen MR) is 108 cm³/mol. The zero-order chi connectivity index (χ0) is 19.5. The third kappa shape index (κ3) is 4.02. The predicted octanol–water partition coefficient (Wildman–Crippen LogP) is 3.11. The average Bonchev–Trinajstić information content (AvgIpc) is 3.15. The van der Waals surface area contributed by atoms with E-state index in [1.165, 1.54) is 0 Å².